The number of fused-ring (bicyclic) bond motifs is 1. The van der Waals surface area contributed by atoms with Gasteiger partial charge in [0.15, 0.2) is 0 Å². The van der Waals surface area contributed by atoms with Crippen LogP contribution in [0.3, 0.4) is 0 Å². The van der Waals surface area contributed by atoms with Gasteiger partial charge in [-0.2, -0.15) is 0 Å². The molecule has 4 rings (SSSR count). The van der Waals surface area contributed by atoms with E-state index >= 15 is 0 Å². The lowest BCUT2D eigenvalue weighted by molar-refractivity contribution is 0.141. The smallest absolute Gasteiger partial charge is 0.128 e. The number of piperidine rings is 1. The Labute approximate surface area is 192 Å². The molecule has 2 aromatic carbocycles. The summed E-state index contributed by atoms with van der Waals surface area (Å²) >= 11 is 0. The second-order valence-corrected chi connectivity index (χ2v) is 8.45. The molecule has 3 atom stereocenters. The first-order chi connectivity index (χ1) is 16.0. The molecule has 6 nitrogen and oxygen atoms in total. The number of aliphatic hydroxyl groups excluding tert-OH is 1. The van der Waals surface area contributed by atoms with Crippen molar-refractivity contribution in [3.05, 3.63) is 65.9 Å². The van der Waals surface area contributed by atoms with Crippen molar-refractivity contribution < 1.29 is 18.6 Å². The van der Waals surface area contributed by atoms with Crippen LogP contribution in [0.15, 0.2) is 48.7 Å². The molecule has 0 radical (unpaired) electrons. The number of aromatic nitrogens is 1. The zero-order valence-electron chi connectivity index (χ0n) is 18.7. The third-order valence-electron chi connectivity index (χ3n) is 6.09. The van der Waals surface area contributed by atoms with Crippen LogP contribution in [0, 0.1) is 11.6 Å². The van der Waals surface area contributed by atoms with Gasteiger partial charge in [0, 0.05) is 48.5 Å². The molecule has 1 saturated heterocycles. The Morgan fingerprint density at radius 2 is 1.97 bits per heavy atom. The highest BCUT2D eigenvalue weighted by Crippen LogP contribution is 2.30. The Morgan fingerprint density at radius 3 is 2.76 bits per heavy atom. The first-order valence-corrected chi connectivity index (χ1v) is 11.3. The molecule has 176 valence electrons. The second-order valence-electron chi connectivity index (χ2n) is 8.45. The number of nitrogens with zero attached hydrogens (tertiary/aromatic N) is 1. The fourth-order valence-electron chi connectivity index (χ4n) is 4.47. The van der Waals surface area contributed by atoms with Crippen LogP contribution in [0.25, 0.3) is 10.9 Å². The lowest BCUT2D eigenvalue weighted by Crippen LogP contribution is -2.47. The van der Waals surface area contributed by atoms with E-state index in [0.29, 0.717) is 31.2 Å². The number of nitrogens with one attached hydrogen (secondary N) is 3. The minimum atomic E-state index is -0.622. The molecule has 1 fully saturated rings. The normalized spacial score (nSPS) is 19.4. The van der Waals surface area contributed by atoms with E-state index in [1.165, 1.54) is 12.1 Å². The molecule has 0 spiro atoms. The quantitative estimate of drug-likeness (QED) is 0.367. The fraction of sp³-hybridized carbons (Fsp3) is 0.400. The molecule has 0 bridgehead atoms. The highest BCUT2D eigenvalue weighted by Gasteiger charge is 2.24. The number of aliphatic hydroxyl groups is 1. The molecule has 4 N–H and O–H groups in total. The van der Waals surface area contributed by atoms with Gasteiger partial charge >= 0.3 is 0 Å². The molecule has 8 heteroatoms. The van der Waals surface area contributed by atoms with Gasteiger partial charge in [-0.15, -0.1) is 0 Å². The van der Waals surface area contributed by atoms with Crippen molar-refractivity contribution in [2.45, 2.75) is 37.5 Å². The summed E-state index contributed by atoms with van der Waals surface area (Å²) in [6, 6.07) is 11.4. The third kappa shape index (κ3) is 6.16. The zero-order valence-corrected chi connectivity index (χ0v) is 18.7. The molecule has 3 aromatic rings. The summed E-state index contributed by atoms with van der Waals surface area (Å²) in [4.78, 5) is 4.39. The summed E-state index contributed by atoms with van der Waals surface area (Å²) in [5.41, 5.74) is 2.11. The van der Waals surface area contributed by atoms with E-state index in [0.717, 1.165) is 47.7 Å². The maximum absolute atomic E-state index is 13.3. The summed E-state index contributed by atoms with van der Waals surface area (Å²) in [5, 5.41) is 22.0. The predicted molar refractivity (Wildman–Crippen MR) is 126 cm³/mol. The highest BCUT2D eigenvalue weighted by atomic mass is 19.1. The average Bonchev–Trinajstić information content (AvgIpc) is 2.80. The summed E-state index contributed by atoms with van der Waals surface area (Å²) in [6.07, 6.45) is 3.57. The lowest BCUT2D eigenvalue weighted by Gasteiger charge is -2.32. The summed E-state index contributed by atoms with van der Waals surface area (Å²) < 4.78 is 31.9. The minimum absolute atomic E-state index is 0.172. The first kappa shape index (κ1) is 23.4. The molecule has 2 heterocycles. The standard InChI is InChI=1S/C25H30F2N4O2/c1-33-21-2-3-24-23(15-21)22(5-7-31-24)25(32)14-20-13-18(4-6-28-20)29-8-9-30-19-11-16(26)10-17(27)12-19/h2-3,5,7,10-12,15,18,20,25,28-30,32H,4,6,8-9,13-14H2,1H3/t18?,20-,25?/m1/s1. The van der Waals surface area contributed by atoms with Crippen molar-refractivity contribution in [3.63, 3.8) is 0 Å². The van der Waals surface area contributed by atoms with E-state index in [4.69, 9.17) is 4.74 Å². The molecular weight excluding hydrogens is 426 g/mol. The first-order valence-electron chi connectivity index (χ1n) is 11.3. The van der Waals surface area contributed by atoms with Crippen molar-refractivity contribution in [1.29, 1.82) is 0 Å². The lowest BCUT2D eigenvalue weighted by atomic mass is 9.92. The van der Waals surface area contributed by atoms with Crippen LogP contribution in [0.5, 0.6) is 5.75 Å². The van der Waals surface area contributed by atoms with Crippen molar-refractivity contribution >= 4 is 16.6 Å². The van der Waals surface area contributed by atoms with Gasteiger partial charge in [0.25, 0.3) is 0 Å². The van der Waals surface area contributed by atoms with Crippen LogP contribution in [-0.4, -0.2) is 48.9 Å². The molecule has 0 aliphatic carbocycles. The molecular formula is C25H30F2N4O2. The van der Waals surface area contributed by atoms with Gasteiger partial charge < -0.3 is 25.8 Å². The fourth-order valence-corrected chi connectivity index (χ4v) is 4.47. The van der Waals surface area contributed by atoms with E-state index in [1.54, 1.807) is 13.3 Å². The van der Waals surface area contributed by atoms with Gasteiger partial charge in [-0.05, 0) is 67.8 Å². The Bertz CT molecular complexity index is 1060. The van der Waals surface area contributed by atoms with Crippen LogP contribution in [0.4, 0.5) is 14.5 Å². The van der Waals surface area contributed by atoms with Crippen molar-refractivity contribution in [1.82, 2.24) is 15.6 Å². The second kappa shape index (κ2) is 10.9. The van der Waals surface area contributed by atoms with Gasteiger partial charge in [-0.3, -0.25) is 4.98 Å². The van der Waals surface area contributed by atoms with Crippen molar-refractivity contribution in [2.24, 2.45) is 0 Å². The summed E-state index contributed by atoms with van der Waals surface area (Å²) in [7, 11) is 1.62. The number of benzene rings is 2. The minimum Gasteiger partial charge on any atom is -0.497 e. The number of methoxy groups -OCH3 is 1. The number of halogens is 2. The SMILES string of the molecule is COc1ccc2nccc(C(O)C[C@H]3CC(NCCNc4cc(F)cc(F)c4)CCN3)c2c1. The van der Waals surface area contributed by atoms with Crippen molar-refractivity contribution in [2.75, 3.05) is 32.1 Å². The van der Waals surface area contributed by atoms with E-state index < -0.39 is 17.7 Å². The number of hydrogen-bond acceptors (Lipinski definition) is 6. The molecule has 33 heavy (non-hydrogen) atoms. The number of anilines is 1. The van der Waals surface area contributed by atoms with Gasteiger partial charge in [-0.25, -0.2) is 8.78 Å². The Balaban J connectivity index is 1.29. The van der Waals surface area contributed by atoms with Crippen molar-refractivity contribution in [3.8, 4) is 5.75 Å². The van der Waals surface area contributed by atoms with Gasteiger partial charge in [0.1, 0.15) is 17.4 Å². The summed E-state index contributed by atoms with van der Waals surface area (Å²) in [6.45, 7) is 2.10. The molecule has 1 aromatic heterocycles. The number of rotatable bonds is 9. The van der Waals surface area contributed by atoms with E-state index in [9.17, 15) is 13.9 Å². The molecule has 0 amide bonds. The van der Waals surface area contributed by atoms with Gasteiger partial charge in [0.2, 0.25) is 0 Å². The maximum atomic E-state index is 13.3. The third-order valence-corrected chi connectivity index (χ3v) is 6.09. The molecule has 2 unspecified atom stereocenters. The van der Waals surface area contributed by atoms with E-state index in [1.807, 2.05) is 24.3 Å². The van der Waals surface area contributed by atoms with Gasteiger partial charge in [-0.1, -0.05) is 0 Å². The van der Waals surface area contributed by atoms with E-state index in [-0.39, 0.29) is 6.04 Å². The molecule has 1 aliphatic heterocycles. The molecule has 1 aliphatic rings. The van der Waals surface area contributed by atoms with Crippen LogP contribution >= 0.6 is 0 Å². The largest absolute Gasteiger partial charge is 0.497 e. The Kier molecular flexibility index (Phi) is 7.69. The van der Waals surface area contributed by atoms with Crippen LogP contribution in [0.1, 0.15) is 30.9 Å². The van der Waals surface area contributed by atoms with Crippen LogP contribution in [0.2, 0.25) is 0 Å². The topological polar surface area (TPSA) is 78.4 Å². The van der Waals surface area contributed by atoms with Crippen LogP contribution in [-0.2, 0) is 0 Å². The van der Waals surface area contributed by atoms with Gasteiger partial charge in [0.05, 0.1) is 18.7 Å². The van der Waals surface area contributed by atoms with Crippen LogP contribution < -0.4 is 20.7 Å². The Hall–Kier alpha value is -2.81. The average molecular weight is 457 g/mol. The maximum Gasteiger partial charge on any atom is 0.128 e. The van der Waals surface area contributed by atoms with E-state index in [2.05, 4.69) is 20.9 Å². The zero-order chi connectivity index (χ0) is 23.2. The monoisotopic (exact) mass is 456 g/mol. The molecule has 0 saturated carbocycles. The number of pyridine rings is 1. The number of hydrogen-bond donors (Lipinski definition) is 4. The number of ether oxygens (including phenoxy) is 1. The summed E-state index contributed by atoms with van der Waals surface area (Å²) in [5.74, 6) is -0.449. The predicted octanol–water partition coefficient (Wildman–Crippen LogP) is 3.77. The Morgan fingerprint density at radius 1 is 1.15 bits per heavy atom. The highest BCUT2D eigenvalue weighted by molar-refractivity contribution is 5.83.